The highest BCUT2D eigenvalue weighted by atomic mass is 35.5. The average Bonchev–Trinajstić information content (AvgIpc) is 2.17. The lowest BCUT2D eigenvalue weighted by Crippen LogP contribution is -2.40. The molecule has 0 heterocycles. The van der Waals surface area contributed by atoms with Crippen LogP contribution in [0.5, 0.6) is 0 Å². The molecule has 1 rings (SSSR count). The highest BCUT2D eigenvalue weighted by molar-refractivity contribution is 6.18. The zero-order chi connectivity index (χ0) is 11.5. The van der Waals surface area contributed by atoms with Crippen LogP contribution in [0.4, 0.5) is 0 Å². The highest BCUT2D eigenvalue weighted by Gasteiger charge is 2.15. The molecule has 0 saturated carbocycles. The first-order valence-electron chi connectivity index (χ1n) is 5.32. The van der Waals surface area contributed by atoms with Gasteiger partial charge in [0.1, 0.15) is 0 Å². The first-order valence-corrected chi connectivity index (χ1v) is 5.86. The molecule has 0 bridgehead atoms. The summed E-state index contributed by atoms with van der Waals surface area (Å²) in [6.07, 6.45) is 0. The number of nitrogens with one attached hydrogen (secondary N) is 1. The van der Waals surface area contributed by atoms with E-state index < -0.39 is 0 Å². The third-order valence-electron chi connectivity index (χ3n) is 2.72. The molecule has 0 aliphatic rings. The molecule has 2 heteroatoms. The van der Waals surface area contributed by atoms with Gasteiger partial charge in [-0.25, -0.2) is 0 Å². The van der Waals surface area contributed by atoms with Crippen molar-refractivity contribution >= 4 is 11.6 Å². The van der Waals surface area contributed by atoms with Gasteiger partial charge in [0.25, 0.3) is 0 Å². The third-order valence-corrected chi connectivity index (χ3v) is 3.39. The fourth-order valence-corrected chi connectivity index (χ4v) is 1.60. The predicted molar refractivity (Wildman–Crippen MR) is 67.6 cm³/mol. The van der Waals surface area contributed by atoms with E-state index in [9.17, 15) is 0 Å². The van der Waals surface area contributed by atoms with Crippen LogP contribution in [0.2, 0.25) is 0 Å². The SMILES string of the molecule is Cc1cccc(C)c1CNC(C)(C)CCl. The number of hydrogen-bond acceptors (Lipinski definition) is 1. The molecular formula is C13H20ClN. The third kappa shape index (κ3) is 3.51. The summed E-state index contributed by atoms with van der Waals surface area (Å²) < 4.78 is 0. The molecule has 15 heavy (non-hydrogen) atoms. The quantitative estimate of drug-likeness (QED) is 0.775. The van der Waals surface area contributed by atoms with E-state index in [0.29, 0.717) is 5.88 Å². The van der Waals surface area contributed by atoms with Gasteiger partial charge >= 0.3 is 0 Å². The second-order valence-corrected chi connectivity index (χ2v) is 5.01. The fourth-order valence-electron chi connectivity index (χ4n) is 1.50. The summed E-state index contributed by atoms with van der Waals surface area (Å²) in [5, 5.41) is 3.47. The lowest BCUT2D eigenvalue weighted by molar-refractivity contribution is 0.428. The molecule has 0 aliphatic carbocycles. The minimum absolute atomic E-state index is 0.00369. The largest absolute Gasteiger partial charge is 0.307 e. The Hall–Kier alpha value is -0.530. The summed E-state index contributed by atoms with van der Waals surface area (Å²) in [6, 6.07) is 6.40. The molecule has 0 saturated heterocycles. The van der Waals surface area contributed by atoms with Crippen molar-refractivity contribution in [3.8, 4) is 0 Å². The summed E-state index contributed by atoms with van der Waals surface area (Å²) in [6.45, 7) is 9.43. The van der Waals surface area contributed by atoms with Gasteiger partial charge in [-0.1, -0.05) is 18.2 Å². The number of halogens is 1. The number of rotatable bonds is 4. The maximum atomic E-state index is 5.88. The maximum Gasteiger partial charge on any atom is 0.0400 e. The molecule has 0 atom stereocenters. The van der Waals surface area contributed by atoms with Crippen molar-refractivity contribution in [1.29, 1.82) is 0 Å². The lowest BCUT2D eigenvalue weighted by atomic mass is 10.0. The van der Waals surface area contributed by atoms with Crippen molar-refractivity contribution in [2.75, 3.05) is 5.88 Å². The van der Waals surface area contributed by atoms with E-state index in [-0.39, 0.29) is 5.54 Å². The summed E-state index contributed by atoms with van der Waals surface area (Å²) in [5.74, 6) is 0.623. The minimum Gasteiger partial charge on any atom is -0.307 e. The van der Waals surface area contributed by atoms with E-state index >= 15 is 0 Å². The zero-order valence-corrected chi connectivity index (χ0v) is 10.8. The monoisotopic (exact) mass is 225 g/mol. The molecule has 1 aromatic rings. The van der Waals surface area contributed by atoms with Crippen LogP contribution in [0, 0.1) is 13.8 Å². The molecule has 0 radical (unpaired) electrons. The molecular weight excluding hydrogens is 206 g/mol. The van der Waals surface area contributed by atoms with E-state index in [0.717, 1.165) is 6.54 Å². The number of benzene rings is 1. The molecule has 0 amide bonds. The van der Waals surface area contributed by atoms with Gasteiger partial charge < -0.3 is 5.32 Å². The Morgan fingerprint density at radius 1 is 1.20 bits per heavy atom. The number of hydrogen-bond donors (Lipinski definition) is 1. The summed E-state index contributed by atoms with van der Waals surface area (Å²) in [5.41, 5.74) is 4.06. The van der Waals surface area contributed by atoms with Crippen LogP contribution in [0.15, 0.2) is 18.2 Å². The molecule has 0 aliphatic heterocycles. The van der Waals surface area contributed by atoms with Gasteiger partial charge in [-0.3, -0.25) is 0 Å². The molecule has 0 fully saturated rings. The summed E-state index contributed by atoms with van der Waals surface area (Å²) >= 11 is 5.88. The standard InChI is InChI=1S/C13H20ClN/c1-10-6-5-7-11(2)12(10)8-15-13(3,4)9-14/h5-7,15H,8-9H2,1-4H3. The van der Waals surface area contributed by atoms with Gasteiger partial charge in [0.05, 0.1) is 0 Å². The molecule has 1 aromatic carbocycles. The second-order valence-electron chi connectivity index (χ2n) is 4.74. The summed E-state index contributed by atoms with van der Waals surface area (Å²) in [4.78, 5) is 0. The van der Waals surface area contributed by atoms with Crippen molar-refractivity contribution < 1.29 is 0 Å². The first-order chi connectivity index (χ1) is 6.96. The smallest absolute Gasteiger partial charge is 0.0400 e. The Morgan fingerprint density at radius 2 is 1.73 bits per heavy atom. The van der Waals surface area contributed by atoms with Crippen molar-refractivity contribution in [1.82, 2.24) is 5.32 Å². The number of alkyl halides is 1. The lowest BCUT2D eigenvalue weighted by Gasteiger charge is -2.24. The number of aryl methyl sites for hydroxylation is 2. The van der Waals surface area contributed by atoms with Crippen LogP contribution in [-0.2, 0) is 6.54 Å². The Labute approximate surface area is 97.8 Å². The van der Waals surface area contributed by atoms with E-state index in [1.165, 1.54) is 16.7 Å². The topological polar surface area (TPSA) is 12.0 Å². The van der Waals surface area contributed by atoms with Gasteiger partial charge in [0.15, 0.2) is 0 Å². The van der Waals surface area contributed by atoms with Crippen LogP contribution in [0.25, 0.3) is 0 Å². The van der Waals surface area contributed by atoms with Crippen molar-refractivity contribution in [2.24, 2.45) is 0 Å². The first kappa shape index (κ1) is 12.5. The van der Waals surface area contributed by atoms with Crippen LogP contribution in [0.3, 0.4) is 0 Å². The zero-order valence-electron chi connectivity index (χ0n) is 10.0. The normalized spacial score (nSPS) is 11.8. The average molecular weight is 226 g/mol. The summed E-state index contributed by atoms with van der Waals surface area (Å²) in [7, 11) is 0. The predicted octanol–water partition coefficient (Wildman–Crippen LogP) is 3.41. The van der Waals surface area contributed by atoms with Crippen LogP contribution in [-0.4, -0.2) is 11.4 Å². The highest BCUT2D eigenvalue weighted by Crippen LogP contribution is 2.14. The van der Waals surface area contributed by atoms with Crippen LogP contribution >= 0.6 is 11.6 Å². The molecule has 1 nitrogen and oxygen atoms in total. The van der Waals surface area contributed by atoms with Gasteiger partial charge in [0.2, 0.25) is 0 Å². The molecule has 0 spiro atoms. The van der Waals surface area contributed by atoms with Crippen LogP contribution < -0.4 is 5.32 Å². The molecule has 84 valence electrons. The van der Waals surface area contributed by atoms with Crippen molar-refractivity contribution in [3.63, 3.8) is 0 Å². The van der Waals surface area contributed by atoms with Crippen molar-refractivity contribution in [3.05, 3.63) is 34.9 Å². The fraction of sp³-hybridized carbons (Fsp3) is 0.538. The molecule has 1 N–H and O–H groups in total. The molecule has 0 aromatic heterocycles. The van der Waals surface area contributed by atoms with Gasteiger partial charge in [-0.15, -0.1) is 11.6 Å². The van der Waals surface area contributed by atoms with Gasteiger partial charge in [-0.2, -0.15) is 0 Å². The molecule has 0 unspecified atom stereocenters. The van der Waals surface area contributed by atoms with Gasteiger partial charge in [-0.05, 0) is 44.4 Å². The maximum absolute atomic E-state index is 5.88. The minimum atomic E-state index is -0.00369. The van der Waals surface area contributed by atoms with Gasteiger partial charge in [0, 0.05) is 18.0 Å². The van der Waals surface area contributed by atoms with E-state index in [4.69, 9.17) is 11.6 Å². The van der Waals surface area contributed by atoms with Crippen LogP contribution in [0.1, 0.15) is 30.5 Å². The van der Waals surface area contributed by atoms with E-state index in [1.54, 1.807) is 0 Å². The Kier molecular flexibility index (Phi) is 4.18. The van der Waals surface area contributed by atoms with E-state index in [1.807, 2.05) is 0 Å². The Morgan fingerprint density at radius 3 is 2.20 bits per heavy atom. The Bertz CT molecular complexity index is 311. The Balaban J connectivity index is 2.73. The van der Waals surface area contributed by atoms with E-state index in [2.05, 4.69) is 51.2 Å². The van der Waals surface area contributed by atoms with Crippen molar-refractivity contribution in [2.45, 2.75) is 39.8 Å². The second kappa shape index (κ2) is 5.00.